The van der Waals surface area contributed by atoms with Gasteiger partial charge in [0.25, 0.3) is 0 Å². The molecule has 0 fully saturated rings. The Morgan fingerprint density at radius 2 is 1.00 bits per heavy atom. The molecular weight excluding hydrogens is 542 g/mol. The molecule has 1 rings (SSSR count). The number of hydrogen-bond acceptors (Lipinski definition) is 11. The minimum atomic E-state index is -0.875. The van der Waals surface area contributed by atoms with Gasteiger partial charge in [0.15, 0.2) is 0 Å². The van der Waals surface area contributed by atoms with E-state index >= 15 is 0 Å². The van der Waals surface area contributed by atoms with Crippen molar-refractivity contribution in [3.8, 4) is 0 Å². The highest BCUT2D eigenvalue weighted by Crippen LogP contribution is 2.15. The SMILES string of the molecule is O=C(O)CCOCCOCCOCCOCCOCCOCCOCCOCCNC(=O)OC1CCC=CCCC1. The predicted molar refractivity (Wildman–Crippen MR) is 149 cm³/mol. The van der Waals surface area contributed by atoms with Gasteiger partial charge in [-0.2, -0.15) is 0 Å². The number of aliphatic carboxylic acids is 1. The molecule has 0 aromatic heterocycles. The number of carboxylic acid groups (broad SMARTS) is 1. The molecule has 0 saturated carbocycles. The lowest BCUT2D eigenvalue weighted by atomic mass is 10.0. The third-order valence-electron chi connectivity index (χ3n) is 5.57. The van der Waals surface area contributed by atoms with Crippen LogP contribution in [0.3, 0.4) is 0 Å². The Kier molecular flexibility index (Phi) is 26.9. The van der Waals surface area contributed by atoms with Gasteiger partial charge in [-0.1, -0.05) is 12.2 Å². The van der Waals surface area contributed by atoms with E-state index in [1.54, 1.807) is 0 Å². The maximum absolute atomic E-state index is 11.9. The van der Waals surface area contributed by atoms with Gasteiger partial charge in [-0.15, -0.1) is 0 Å². The maximum atomic E-state index is 11.9. The number of alkyl carbamates (subject to hydrolysis) is 1. The van der Waals surface area contributed by atoms with Crippen LogP contribution in [0.4, 0.5) is 4.79 Å². The molecule has 1 aliphatic rings. The van der Waals surface area contributed by atoms with Crippen molar-refractivity contribution >= 4 is 12.1 Å². The van der Waals surface area contributed by atoms with Crippen LogP contribution in [-0.2, 0) is 47.4 Å². The third kappa shape index (κ3) is 28.1. The molecule has 1 atom stereocenters. The van der Waals surface area contributed by atoms with Crippen molar-refractivity contribution in [3.05, 3.63) is 12.2 Å². The van der Waals surface area contributed by atoms with Gasteiger partial charge in [0.1, 0.15) is 6.10 Å². The number of hydrogen-bond donors (Lipinski definition) is 2. The average Bonchev–Trinajstić information content (AvgIpc) is 2.94. The summed E-state index contributed by atoms with van der Waals surface area (Å²) in [5.41, 5.74) is 0. The lowest BCUT2D eigenvalue weighted by Gasteiger charge is -2.18. The zero-order valence-electron chi connectivity index (χ0n) is 24.4. The highest BCUT2D eigenvalue weighted by atomic mass is 16.6. The normalized spacial score (nSPS) is 15.4. The summed E-state index contributed by atoms with van der Waals surface area (Å²) < 4.78 is 48.5. The quantitative estimate of drug-likeness (QED) is 0.101. The van der Waals surface area contributed by atoms with Gasteiger partial charge >= 0.3 is 12.1 Å². The fourth-order valence-electron chi connectivity index (χ4n) is 3.46. The highest BCUT2D eigenvalue weighted by Gasteiger charge is 2.14. The second-order valence-electron chi connectivity index (χ2n) is 8.98. The molecule has 0 aromatic rings. The van der Waals surface area contributed by atoms with E-state index in [9.17, 15) is 9.59 Å². The van der Waals surface area contributed by atoms with E-state index in [0.29, 0.717) is 106 Å². The second-order valence-corrected chi connectivity index (χ2v) is 8.98. The highest BCUT2D eigenvalue weighted by molar-refractivity contribution is 5.67. The average molecular weight is 594 g/mol. The second kappa shape index (κ2) is 29.6. The largest absolute Gasteiger partial charge is 0.481 e. The Bertz CT molecular complexity index is 637. The van der Waals surface area contributed by atoms with Crippen LogP contribution in [-0.4, -0.2) is 136 Å². The molecule has 0 spiro atoms. The maximum Gasteiger partial charge on any atom is 0.407 e. The van der Waals surface area contributed by atoms with Crippen LogP contribution in [0.2, 0.25) is 0 Å². The predicted octanol–water partition coefficient (Wildman–Crippen LogP) is 2.21. The molecule has 0 bridgehead atoms. The summed E-state index contributed by atoms with van der Waals surface area (Å²) >= 11 is 0. The van der Waals surface area contributed by atoms with E-state index < -0.39 is 5.97 Å². The first-order valence-corrected chi connectivity index (χ1v) is 14.6. The Morgan fingerprint density at radius 1 is 0.585 bits per heavy atom. The number of carboxylic acids is 1. The third-order valence-corrected chi connectivity index (χ3v) is 5.57. The fraction of sp³-hybridized carbons (Fsp3) is 0.857. The van der Waals surface area contributed by atoms with Crippen LogP contribution >= 0.6 is 0 Å². The molecule has 0 aliphatic heterocycles. The van der Waals surface area contributed by atoms with Gasteiger partial charge in [-0.25, -0.2) is 4.79 Å². The first-order chi connectivity index (χ1) is 20.2. The standard InChI is InChI=1S/C28H51NO12/c30-27(31)8-10-33-12-14-35-16-18-37-20-22-39-24-25-40-23-21-38-19-17-36-15-13-34-11-9-29-28(32)41-26-6-4-2-1-3-5-7-26/h1-2,26H,3-25H2,(H,29,32)(H,30,31). The van der Waals surface area contributed by atoms with Crippen molar-refractivity contribution in [2.75, 3.05) is 112 Å². The molecule has 0 aromatic carbocycles. The van der Waals surface area contributed by atoms with Crippen LogP contribution in [0.15, 0.2) is 12.2 Å². The van der Waals surface area contributed by atoms with Crippen LogP contribution in [0, 0.1) is 0 Å². The number of carbonyl (C=O) groups excluding carboxylic acids is 1. The molecule has 1 unspecified atom stereocenters. The number of rotatable bonds is 28. The number of carbonyl (C=O) groups is 2. The summed E-state index contributed by atoms with van der Waals surface area (Å²) in [4.78, 5) is 22.2. The van der Waals surface area contributed by atoms with Gasteiger partial charge in [0, 0.05) is 6.54 Å². The first-order valence-electron chi connectivity index (χ1n) is 14.6. The smallest absolute Gasteiger partial charge is 0.407 e. The molecule has 0 heterocycles. The lowest BCUT2D eigenvalue weighted by Crippen LogP contribution is -2.31. The minimum Gasteiger partial charge on any atom is -0.481 e. The van der Waals surface area contributed by atoms with Crippen molar-refractivity contribution in [2.45, 2.75) is 44.6 Å². The van der Waals surface area contributed by atoms with E-state index in [1.807, 2.05) is 0 Å². The zero-order valence-corrected chi connectivity index (χ0v) is 24.4. The number of amides is 1. The molecule has 13 nitrogen and oxygen atoms in total. The van der Waals surface area contributed by atoms with Gasteiger partial charge < -0.3 is 53.1 Å². The topological polar surface area (TPSA) is 149 Å². The minimum absolute atomic E-state index is 0.00341. The zero-order chi connectivity index (χ0) is 29.5. The molecule has 13 heteroatoms. The number of nitrogens with one attached hydrogen (secondary N) is 1. The van der Waals surface area contributed by atoms with Gasteiger partial charge in [-0.3, -0.25) is 4.79 Å². The van der Waals surface area contributed by atoms with Crippen molar-refractivity contribution in [2.24, 2.45) is 0 Å². The van der Waals surface area contributed by atoms with Gasteiger partial charge in [-0.05, 0) is 32.1 Å². The summed E-state index contributed by atoms with van der Waals surface area (Å²) in [6.45, 7) is 7.38. The van der Waals surface area contributed by atoms with E-state index in [2.05, 4.69) is 17.5 Å². The summed E-state index contributed by atoms with van der Waals surface area (Å²) in [6.07, 6.45) is 8.78. The Morgan fingerprint density at radius 3 is 1.46 bits per heavy atom. The fourth-order valence-corrected chi connectivity index (χ4v) is 3.46. The molecule has 41 heavy (non-hydrogen) atoms. The number of allylic oxidation sites excluding steroid dienone is 2. The molecule has 2 N–H and O–H groups in total. The molecular formula is C28H51NO12. The van der Waals surface area contributed by atoms with Crippen molar-refractivity contribution in [1.29, 1.82) is 0 Å². The Hall–Kier alpha value is -1.84. The first kappa shape index (κ1) is 37.2. The molecule has 0 radical (unpaired) electrons. The van der Waals surface area contributed by atoms with Crippen LogP contribution in [0.25, 0.3) is 0 Å². The van der Waals surface area contributed by atoms with E-state index in [-0.39, 0.29) is 25.2 Å². The molecule has 0 saturated heterocycles. The number of ether oxygens (including phenoxy) is 9. The van der Waals surface area contributed by atoms with Gasteiger partial charge in [0.2, 0.25) is 0 Å². The summed E-state index contributed by atoms with van der Waals surface area (Å²) in [5.74, 6) is -0.875. The van der Waals surface area contributed by atoms with Crippen LogP contribution in [0.1, 0.15) is 38.5 Å². The van der Waals surface area contributed by atoms with Crippen LogP contribution < -0.4 is 5.32 Å². The van der Waals surface area contributed by atoms with Crippen molar-refractivity contribution in [3.63, 3.8) is 0 Å². The van der Waals surface area contributed by atoms with E-state index in [1.165, 1.54) is 0 Å². The summed E-state index contributed by atoms with van der Waals surface area (Å²) in [7, 11) is 0. The van der Waals surface area contributed by atoms with Crippen LogP contribution in [0.5, 0.6) is 0 Å². The monoisotopic (exact) mass is 593 g/mol. The molecule has 1 amide bonds. The van der Waals surface area contributed by atoms with Crippen molar-refractivity contribution in [1.82, 2.24) is 5.32 Å². The Balaban J connectivity index is 1.68. The summed E-state index contributed by atoms with van der Waals surface area (Å²) in [6, 6.07) is 0. The summed E-state index contributed by atoms with van der Waals surface area (Å²) in [5, 5.41) is 11.2. The van der Waals surface area contributed by atoms with Gasteiger partial charge in [0.05, 0.1) is 112 Å². The van der Waals surface area contributed by atoms with E-state index in [4.69, 9.17) is 47.7 Å². The molecule has 240 valence electrons. The van der Waals surface area contributed by atoms with E-state index in [0.717, 1.165) is 32.1 Å². The van der Waals surface area contributed by atoms with Crippen molar-refractivity contribution < 1.29 is 57.3 Å². The Labute approximate surface area is 244 Å². The lowest BCUT2D eigenvalue weighted by molar-refractivity contribution is -0.138. The molecule has 1 aliphatic carbocycles.